The van der Waals surface area contributed by atoms with Gasteiger partial charge in [-0.25, -0.2) is 4.98 Å². The highest BCUT2D eigenvalue weighted by atomic mass is 15.3. The van der Waals surface area contributed by atoms with Gasteiger partial charge in [0.25, 0.3) is 0 Å². The van der Waals surface area contributed by atoms with E-state index in [-0.39, 0.29) is 0 Å². The van der Waals surface area contributed by atoms with Gasteiger partial charge in [-0.05, 0) is 38.4 Å². The van der Waals surface area contributed by atoms with Crippen LogP contribution in [0, 0.1) is 6.92 Å². The molecule has 0 radical (unpaired) electrons. The predicted molar refractivity (Wildman–Crippen MR) is 72.6 cm³/mol. The average Bonchev–Trinajstić information content (AvgIpc) is 3.06. The van der Waals surface area contributed by atoms with Gasteiger partial charge >= 0.3 is 0 Å². The fourth-order valence-corrected chi connectivity index (χ4v) is 2.70. The van der Waals surface area contributed by atoms with Gasteiger partial charge in [0.15, 0.2) is 5.82 Å². The van der Waals surface area contributed by atoms with Crippen LogP contribution < -0.4 is 0 Å². The largest absolute Gasteiger partial charge is 0.293 e. The van der Waals surface area contributed by atoms with Crippen molar-refractivity contribution in [3.05, 3.63) is 41.7 Å². The summed E-state index contributed by atoms with van der Waals surface area (Å²) in [6.45, 7) is 4.10. The van der Waals surface area contributed by atoms with E-state index in [1.807, 2.05) is 25.3 Å². The van der Waals surface area contributed by atoms with Crippen LogP contribution in [-0.2, 0) is 6.42 Å². The molecule has 0 amide bonds. The van der Waals surface area contributed by atoms with Crippen molar-refractivity contribution in [1.29, 1.82) is 0 Å². The van der Waals surface area contributed by atoms with Crippen LogP contribution in [-0.4, -0.2) is 38.2 Å². The van der Waals surface area contributed by atoms with Gasteiger partial charge in [0.05, 0.1) is 6.04 Å². The molecule has 1 fully saturated rings. The highest BCUT2D eigenvalue weighted by Crippen LogP contribution is 2.29. The SMILES string of the molecule is Cc1nc(C2CCCN2CCc2ccccn2)n[nH]1. The molecule has 1 aliphatic rings. The van der Waals surface area contributed by atoms with Crippen molar-refractivity contribution < 1.29 is 0 Å². The summed E-state index contributed by atoms with van der Waals surface area (Å²) in [6.07, 6.45) is 5.22. The molecule has 2 aromatic heterocycles. The van der Waals surface area contributed by atoms with Gasteiger partial charge in [-0.15, -0.1) is 0 Å². The fourth-order valence-electron chi connectivity index (χ4n) is 2.70. The summed E-state index contributed by atoms with van der Waals surface area (Å²) in [5.41, 5.74) is 1.15. The summed E-state index contributed by atoms with van der Waals surface area (Å²) in [7, 11) is 0. The molecule has 0 saturated carbocycles. The molecule has 19 heavy (non-hydrogen) atoms. The van der Waals surface area contributed by atoms with E-state index in [4.69, 9.17) is 0 Å². The number of rotatable bonds is 4. The Bertz CT molecular complexity index is 522. The van der Waals surface area contributed by atoms with E-state index in [0.29, 0.717) is 6.04 Å². The van der Waals surface area contributed by atoms with E-state index in [9.17, 15) is 0 Å². The molecule has 0 bridgehead atoms. The minimum Gasteiger partial charge on any atom is -0.293 e. The molecule has 3 heterocycles. The molecule has 0 aliphatic carbocycles. The molecule has 100 valence electrons. The normalized spacial score (nSPS) is 19.9. The summed E-state index contributed by atoms with van der Waals surface area (Å²) < 4.78 is 0. The Balaban J connectivity index is 1.64. The molecule has 0 aromatic carbocycles. The summed E-state index contributed by atoms with van der Waals surface area (Å²) in [4.78, 5) is 11.3. The first kappa shape index (κ1) is 12.3. The molecular formula is C14H19N5. The average molecular weight is 257 g/mol. The smallest absolute Gasteiger partial charge is 0.167 e. The van der Waals surface area contributed by atoms with Crippen LogP contribution in [0.2, 0.25) is 0 Å². The molecule has 1 aliphatic heterocycles. The topological polar surface area (TPSA) is 57.7 Å². The molecule has 1 N–H and O–H groups in total. The molecule has 3 rings (SSSR count). The van der Waals surface area contributed by atoms with E-state index in [1.54, 1.807) is 0 Å². The summed E-state index contributed by atoms with van der Waals surface area (Å²) in [5.74, 6) is 1.84. The zero-order valence-electron chi connectivity index (χ0n) is 11.2. The molecule has 2 aromatic rings. The Hall–Kier alpha value is -1.75. The number of H-pyrrole nitrogens is 1. The standard InChI is InChI=1S/C14H19N5/c1-11-16-14(18-17-11)13-6-4-9-19(13)10-7-12-5-2-3-8-15-12/h2-3,5,8,13H,4,6-7,9-10H2,1H3,(H,16,17,18). The maximum absolute atomic E-state index is 4.47. The number of aryl methyl sites for hydroxylation is 1. The molecule has 1 atom stereocenters. The first-order chi connectivity index (χ1) is 9.33. The van der Waals surface area contributed by atoms with Crippen LogP contribution in [0.15, 0.2) is 24.4 Å². The van der Waals surface area contributed by atoms with Gasteiger partial charge in [-0.1, -0.05) is 6.07 Å². The first-order valence-corrected chi connectivity index (χ1v) is 6.86. The lowest BCUT2D eigenvalue weighted by atomic mass is 10.2. The van der Waals surface area contributed by atoms with Crippen molar-refractivity contribution in [3.8, 4) is 0 Å². The molecular weight excluding hydrogens is 238 g/mol. The van der Waals surface area contributed by atoms with Crippen molar-refractivity contribution in [2.75, 3.05) is 13.1 Å². The maximum Gasteiger partial charge on any atom is 0.167 e. The number of nitrogens with zero attached hydrogens (tertiary/aromatic N) is 4. The lowest BCUT2D eigenvalue weighted by molar-refractivity contribution is 0.251. The third-order valence-electron chi connectivity index (χ3n) is 3.66. The number of pyridine rings is 1. The van der Waals surface area contributed by atoms with Crippen LogP contribution >= 0.6 is 0 Å². The number of nitrogens with one attached hydrogen (secondary N) is 1. The van der Waals surface area contributed by atoms with Gasteiger partial charge < -0.3 is 0 Å². The number of aromatic amines is 1. The van der Waals surface area contributed by atoms with Crippen molar-refractivity contribution in [1.82, 2.24) is 25.1 Å². The molecule has 1 unspecified atom stereocenters. The zero-order chi connectivity index (χ0) is 13.1. The third-order valence-corrected chi connectivity index (χ3v) is 3.66. The Morgan fingerprint density at radius 1 is 1.42 bits per heavy atom. The van der Waals surface area contributed by atoms with E-state index < -0.39 is 0 Å². The van der Waals surface area contributed by atoms with Crippen LogP contribution in [0.3, 0.4) is 0 Å². The second-order valence-electron chi connectivity index (χ2n) is 5.04. The van der Waals surface area contributed by atoms with E-state index in [2.05, 4.69) is 31.1 Å². The summed E-state index contributed by atoms with van der Waals surface area (Å²) in [6, 6.07) is 6.46. The molecule has 0 spiro atoms. The number of hydrogen-bond acceptors (Lipinski definition) is 4. The molecule has 5 heteroatoms. The minimum absolute atomic E-state index is 0.369. The lowest BCUT2D eigenvalue weighted by Crippen LogP contribution is -2.26. The molecule has 1 saturated heterocycles. The van der Waals surface area contributed by atoms with Gasteiger partial charge in [0, 0.05) is 24.9 Å². The first-order valence-electron chi connectivity index (χ1n) is 6.86. The van der Waals surface area contributed by atoms with Crippen LogP contribution in [0.1, 0.15) is 36.2 Å². The zero-order valence-corrected chi connectivity index (χ0v) is 11.2. The van der Waals surface area contributed by atoms with Crippen molar-refractivity contribution in [2.45, 2.75) is 32.2 Å². The highest BCUT2D eigenvalue weighted by Gasteiger charge is 2.28. The van der Waals surface area contributed by atoms with E-state index >= 15 is 0 Å². The van der Waals surface area contributed by atoms with Crippen LogP contribution in [0.5, 0.6) is 0 Å². The number of likely N-dealkylation sites (tertiary alicyclic amines) is 1. The Kier molecular flexibility index (Phi) is 3.55. The summed E-state index contributed by atoms with van der Waals surface area (Å²) in [5, 5.41) is 7.25. The lowest BCUT2D eigenvalue weighted by Gasteiger charge is -2.21. The van der Waals surface area contributed by atoms with Gasteiger partial charge in [0.2, 0.25) is 0 Å². The summed E-state index contributed by atoms with van der Waals surface area (Å²) >= 11 is 0. The third kappa shape index (κ3) is 2.81. The number of hydrogen-bond donors (Lipinski definition) is 1. The minimum atomic E-state index is 0.369. The second kappa shape index (κ2) is 5.48. The van der Waals surface area contributed by atoms with Crippen LogP contribution in [0.25, 0.3) is 0 Å². The maximum atomic E-state index is 4.47. The quantitative estimate of drug-likeness (QED) is 0.908. The fraction of sp³-hybridized carbons (Fsp3) is 0.500. The van der Waals surface area contributed by atoms with Crippen molar-refractivity contribution >= 4 is 0 Å². The Labute approximate surface area is 113 Å². The Morgan fingerprint density at radius 2 is 2.37 bits per heavy atom. The number of aromatic nitrogens is 4. The van der Waals surface area contributed by atoms with Crippen LogP contribution in [0.4, 0.5) is 0 Å². The Morgan fingerprint density at radius 3 is 3.11 bits per heavy atom. The van der Waals surface area contributed by atoms with Gasteiger partial charge in [-0.3, -0.25) is 15.0 Å². The monoisotopic (exact) mass is 257 g/mol. The highest BCUT2D eigenvalue weighted by molar-refractivity contribution is 5.05. The van der Waals surface area contributed by atoms with Crippen molar-refractivity contribution in [3.63, 3.8) is 0 Å². The van der Waals surface area contributed by atoms with Gasteiger partial charge in [-0.2, -0.15) is 5.10 Å². The second-order valence-corrected chi connectivity index (χ2v) is 5.04. The van der Waals surface area contributed by atoms with E-state index in [1.165, 1.54) is 6.42 Å². The predicted octanol–water partition coefficient (Wildman–Crippen LogP) is 1.89. The van der Waals surface area contributed by atoms with Crippen molar-refractivity contribution in [2.24, 2.45) is 0 Å². The van der Waals surface area contributed by atoms with E-state index in [0.717, 1.165) is 43.3 Å². The molecule has 5 nitrogen and oxygen atoms in total. The van der Waals surface area contributed by atoms with Gasteiger partial charge in [0.1, 0.15) is 5.82 Å².